The molecule has 30 heavy (non-hydrogen) atoms. The molecule has 0 bridgehead atoms. The first kappa shape index (κ1) is 30.8. The summed E-state index contributed by atoms with van der Waals surface area (Å²) in [6, 6.07) is 20.2. The Balaban J connectivity index is 0. The molecule has 0 saturated heterocycles. The van der Waals surface area contributed by atoms with Gasteiger partial charge in [-0.2, -0.15) is 0 Å². The van der Waals surface area contributed by atoms with E-state index < -0.39 is 0 Å². The van der Waals surface area contributed by atoms with Crippen molar-refractivity contribution in [2.45, 2.75) is 72.3 Å². The largest absolute Gasteiger partial charge is 1.00 e. The predicted octanol–water partition coefficient (Wildman–Crippen LogP) is 4.80. The fourth-order valence-electron chi connectivity index (χ4n) is 3.33. The van der Waals surface area contributed by atoms with Crippen LogP contribution in [0.25, 0.3) is 0 Å². The minimum atomic E-state index is 0. The van der Waals surface area contributed by atoms with Crippen LogP contribution in [0.1, 0.15) is 82.4 Å². The third kappa shape index (κ3) is 12.4. The van der Waals surface area contributed by atoms with E-state index in [1.54, 1.807) is 0 Å². The Morgan fingerprint density at radius 1 is 0.733 bits per heavy atom. The van der Waals surface area contributed by atoms with E-state index in [0.29, 0.717) is 11.8 Å². The molecule has 0 spiro atoms. The van der Waals surface area contributed by atoms with Gasteiger partial charge in [0.25, 0.3) is 0 Å². The van der Waals surface area contributed by atoms with Crippen LogP contribution in [0.4, 0.5) is 0 Å². The zero-order valence-corrected chi connectivity index (χ0v) is 21.5. The van der Waals surface area contributed by atoms with Gasteiger partial charge in [0, 0.05) is 5.56 Å². The average Bonchev–Trinajstić information content (AvgIpc) is 2.66. The van der Waals surface area contributed by atoms with Gasteiger partial charge < -0.3 is 23.0 Å². The van der Waals surface area contributed by atoms with Gasteiger partial charge in [0.05, 0.1) is 21.1 Å². The second-order valence-corrected chi connectivity index (χ2v) is 9.64. The molecule has 2 atom stereocenters. The minimum Gasteiger partial charge on any atom is -1.00 e. The van der Waals surface area contributed by atoms with Crippen molar-refractivity contribution in [3.63, 3.8) is 0 Å². The summed E-state index contributed by atoms with van der Waals surface area (Å²) in [6.07, 6.45) is 3.72. The van der Waals surface area contributed by atoms with Crippen LogP contribution in [-0.2, 0) is 6.54 Å². The molecule has 3 heteroatoms. The summed E-state index contributed by atoms with van der Waals surface area (Å²) in [5.74, 6) is 2.13. The van der Waals surface area contributed by atoms with Gasteiger partial charge in [0.1, 0.15) is 6.54 Å². The van der Waals surface area contributed by atoms with Gasteiger partial charge in [-0.3, -0.25) is 0 Å². The quantitative estimate of drug-likeness (QED) is 0.595. The van der Waals surface area contributed by atoms with E-state index in [1.807, 2.05) is 0 Å². The third-order valence-corrected chi connectivity index (χ3v) is 5.42. The summed E-state index contributed by atoms with van der Waals surface area (Å²) in [7, 11) is 6.72. The van der Waals surface area contributed by atoms with Gasteiger partial charge in [0.15, 0.2) is 0 Å². The summed E-state index contributed by atoms with van der Waals surface area (Å²) in [5, 5.41) is 0. The first-order chi connectivity index (χ1) is 13.2. The lowest BCUT2D eigenvalue weighted by Crippen LogP contribution is -3.00. The van der Waals surface area contributed by atoms with Gasteiger partial charge in [-0.15, -0.1) is 0 Å². The molecular formula is C27H47ClN2. The Labute approximate surface area is 193 Å². The van der Waals surface area contributed by atoms with E-state index in [2.05, 4.69) is 110 Å². The lowest BCUT2D eigenvalue weighted by atomic mass is 9.84. The van der Waals surface area contributed by atoms with Gasteiger partial charge in [-0.05, 0) is 41.7 Å². The Kier molecular flexibility index (Phi) is 15.9. The van der Waals surface area contributed by atoms with E-state index in [-0.39, 0.29) is 18.6 Å². The predicted molar refractivity (Wildman–Crippen MR) is 131 cm³/mol. The molecule has 2 unspecified atom stereocenters. The van der Waals surface area contributed by atoms with Gasteiger partial charge in [-0.25, -0.2) is 0 Å². The average molecular weight is 435 g/mol. The molecule has 2 aromatic rings. The summed E-state index contributed by atoms with van der Waals surface area (Å²) < 4.78 is 0.974. The highest BCUT2D eigenvalue weighted by Crippen LogP contribution is 2.32. The number of rotatable bonds is 8. The molecule has 0 fully saturated rings. The number of hydrogen-bond donors (Lipinski definition) is 1. The molecule has 0 aromatic heterocycles. The van der Waals surface area contributed by atoms with Gasteiger partial charge in [0.2, 0.25) is 0 Å². The minimum absolute atomic E-state index is 0. The Hall–Kier alpha value is -1.35. The van der Waals surface area contributed by atoms with Crippen LogP contribution < -0.4 is 18.6 Å². The fraction of sp³-hybridized carbons (Fsp3) is 0.556. The standard InChI is InChI=1S/C22H32N.C5H12.ClH.H3N/c1-6-20(16-18(2)21-10-8-7-9-11-21)22-14-12-19(13-15-22)17-23(3,4)5;1-4-5(2)3;;/h7-15,18,20H,6,16-17H2,1-5H3;5H,4H2,1-3H3;1H;1H3/q+1;;;/p-1. The van der Waals surface area contributed by atoms with Crippen molar-refractivity contribution in [1.82, 2.24) is 6.15 Å². The molecule has 2 aromatic carbocycles. The van der Waals surface area contributed by atoms with E-state index >= 15 is 0 Å². The molecule has 0 aliphatic carbocycles. The van der Waals surface area contributed by atoms with Crippen LogP contribution in [0.2, 0.25) is 0 Å². The number of quaternary nitrogens is 1. The lowest BCUT2D eigenvalue weighted by Gasteiger charge is -2.24. The van der Waals surface area contributed by atoms with E-state index in [1.165, 1.54) is 36.0 Å². The second-order valence-electron chi connectivity index (χ2n) is 9.64. The molecular weight excluding hydrogens is 388 g/mol. The Morgan fingerprint density at radius 3 is 1.63 bits per heavy atom. The van der Waals surface area contributed by atoms with Crippen LogP contribution in [-0.4, -0.2) is 25.6 Å². The zero-order chi connectivity index (χ0) is 21.2. The topological polar surface area (TPSA) is 35.0 Å². The highest BCUT2D eigenvalue weighted by Gasteiger charge is 2.16. The smallest absolute Gasteiger partial charge is 0.104 e. The normalized spacial score (nSPS) is 12.7. The SMILES string of the molecule is CCC(C)C.CCC(CC(C)c1ccccc1)c1ccc(C[N+](C)(C)C)cc1.N.[Cl-]. The fourth-order valence-corrected chi connectivity index (χ4v) is 3.33. The number of nitrogens with zero attached hydrogens (tertiary/aromatic N) is 1. The third-order valence-electron chi connectivity index (χ3n) is 5.42. The van der Waals surface area contributed by atoms with E-state index in [4.69, 9.17) is 0 Å². The van der Waals surface area contributed by atoms with Crippen LogP contribution in [0.5, 0.6) is 0 Å². The molecule has 0 heterocycles. The molecule has 2 rings (SSSR count). The maximum atomic E-state index is 2.35. The highest BCUT2D eigenvalue weighted by molar-refractivity contribution is 5.26. The maximum Gasteiger partial charge on any atom is 0.104 e. The van der Waals surface area contributed by atoms with Crippen molar-refractivity contribution in [3.05, 3.63) is 71.3 Å². The summed E-state index contributed by atoms with van der Waals surface area (Å²) in [6.45, 7) is 12.4. The van der Waals surface area contributed by atoms with Crippen LogP contribution in [0.3, 0.4) is 0 Å². The van der Waals surface area contributed by atoms with E-state index in [0.717, 1.165) is 16.9 Å². The van der Waals surface area contributed by atoms with Crippen LogP contribution in [0, 0.1) is 5.92 Å². The number of benzene rings is 2. The van der Waals surface area contributed by atoms with Crippen molar-refractivity contribution in [2.75, 3.05) is 21.1 Å². The molecule has 0 aliphatic heterocycles. The maximum absolute atomic E-state index is 2.35. The number of halogens is 1. The summed E-state index contributed by atoms with van der Waals surface area (Å²) in [5.41, 5.74) is 4.36. The van der Waals surface area contributed by atoms with Crippen LogP contribution >= 0.6 is 0 Å². The molecule has 0 aliphatic rings. The molecule has 0 amide bonds. The second kappa shape index (κ2) is 15.5. The first-order valence-electron chi connectivity index (χ1n) is 11.1. The first-order valence-corrected chi connectivity index (χ1v) is 11.1. The zero-order valence-electron chi connectivity index (χ0n) is 20.8. The monoisotopic (exact) mass is 434 g/mol. The molecule has 3 N–H and O–H groups in total. The summed E-state index contributed by atoms with van der Waals surface area (Å²) >= 11 is 0. The molecule has 0 radical (unpaired) electrons. The Bertz CT molecular complexity index is 645. The lowest BCUT2D eigenvalue weighted by molar-refractivity contribution is -0.884. The van der Waals surface area contributed by atoms with Crippen molar-refractivity contribution >= 4 is 0 Å². The number of hydrogen-bond acceptors (Lipinski definition) is 1. The van der Waals surface area contributed by atoms with Crippen molar-refractivity contribution in [2.24, 2.45) is 5.92 Å². The van der Waals surface area contributed by atoms with E-state index in [9.17, 15) is 0 Å². The molecule has 2 nitrogen and oxygen atoms in total. The van der Waals surface area contributed by atoms with Crippen LogP contribution in [0.15, 0.2) is 54.6 Å². The molecule has 172 valence electrons. The van der Waals surface area contributed by atoms with Crippen molar-refractivity contribution in [3.8, 4) is 0 Å². The Morgan fingerprint density at radius 2 is 1.23 bits per heavy atom. The molecule has 0 saturated carbocycles. The van der Waals surface area contributed by atoms with Gasteiger partial charge in [-0.1, -0.05) is 95.6 Å². The highest BCUT2D eigenvalue weighted by atomic mass is 35.5. The van der Waals surface area contributed by atoms with Gasteiger partial charge >= 0.3 is 0 Å². The van der Waals surface area contributed by atoms with Crippen molar-refractivity contribution < 1.29 is 16.9 Å². The summed E-state index contributed by atoms with van der Waals surface area (Å²) in [4.78, 5) is 0. The van der Waals surface area contributed by atoms with Crippen molar-refractivity contribution in [1.29, 1.82) is 0 Å².